The fraction of sp³-hybridized carbons (Fsp3) is 0.267. The number of nitrogens with zero attached hydrogens (tertiary/aromatic N) is 2. The molecule has 0 bridgehead atoms. The first-order chi connectivity index (χ1) is 18.8. The minimum absolute atomic E-state index is 0.00474. The van der Waals surface area contributed by atoms with Crippen molar-refractivity contribution in [3.05, 3.63) is 112 Å². The normalized spacial score (nSPS) is 16.4. The van der Waals surface area contributed by atoms with E-state index in [1.54, 1.807) is 36.4 Å². The molecular weight excluding hydrogens is 534 g/mol. The van der Waals surface area contributed by atoms with Gasteiger partial charge in [0.1, 0.15) is 0 Å². The third-order valence-electron chi connectivity index (χ3n) is 6.70. The summed E-state index contributed by atoms with van der Waals surface area (Å²) < 4.78 is 80.5. The Balaban J connectivity index is 1.62. The standard InChI is InChI=1S/C30H26F6N2O2/c1-20-7-9-21(10-8-20)11-12-27(39)37-13-14-38(26(19-37)15-22-5-3-2-4-6-22)28(40)23-16-24(29(31,32)33)18-25(17-23)30(34,35)36/h2-12,16-18,26H,13-15,19H2,1H3/t26-/m1/s1. The van der Waals surface area contributed by atoms with Crippen LogP contribution < -0.4 is 0 Å². The van der Waals surface area contributed by atoms with Gasteiger partial charge < -0.3 is 9.80 Å². The van der Waals surface area contributed by atoms with Crippen LogP contribution >= 0.6 is 0 Å². The van der Waals surface area contributed by atoms with Crippen LogP contribution in [-0.4, -0.2) is 47.3 Å². The number of alkyl halides is 6. The predicted molar refractivity (Wildman–Crippen MR) is 138 cm³/mol. The molecule has 0 aliphatic carbocycles. The lowest BCUT2D eigenvalue weighted by atomic mass is 9.99. The molecule has 1 aliphatic rings. The molecule has 40 heavy (non-hydrogen) atoms. The summed E-state index contributed by atoms with van der Waals surface area (Å²) in [5.41, 5.74) is -1.13. The minimum atomic E-state index is -5.07. The lowest BCUT2D eigenvalue weighted by molar-refractivity contribution is -0.143. The van der Waals surface area contributed by atoms with Gasteiger partial charge in [-0.05, 0) is 48.7 Å². The van der Waals surface area contributed by atoms with E-state index in [1.807, 2.05) is 31.2 Å². The number of rotatable bonds is 5. The van der Waals surface area contributed by atoms with Gasteiger partial charge in [0.05, 0.1) is 17.2 Å². The van der Waals surface area contributed by atoms with Crippen LogP contribution in [0, 0.1) is 6.92 Å². The number of carbonyl (C=O) groups excluding carboxylic acids is 2. The summed E-state index contributed by atoms with van der Waals surface area (Å²) >= 11 is 0. The van der Waals surface area contributed by atoms with Gasteiger partial charge >= 0.3 is 12.4 Å². The number of hydrogen-bond acceptors (Lipinski definition) is 2. The number of halogens is 6. The van der Waals surface area contributed by atoms with Gasteiger partial charge in [-0.15, -0.1) is 0 Å². The van der Waals surface area contributed by atoms with Gasteiger partial charge in [0.2, 0.25) is 5.91 Å². The molecular formula is C30H26F6N2O2. The molecule has 10 heteroatoms. The largest absolute Gasteiger partial charge is 0.416 e. The first-order valence-corrected chi connectivity index (χ1v) is 12.5. The Morgan fingerprint density at radius 1 is 0.850 bits per heavy atom. The zero-order chi connectivity index (χ0) is 29.1. The molecule has 1 heterocycles. The highest BCUT2D eigenvalue weighted by Gasteiger charge is 2.39. The molecule has 1 atom stereocenters. The molecule has 1 fully saturated rings. The van der Waals surface area contributed by atoms with E-state index >= 15 is 0 Å². The summed E-state index contributed by atoms with van der Waals surface area (Å²) in [4.78, 5) is 29.2. The van der Waals surface area contributed by atoms with Crippen LogP contribution in [0.25, 0.3) is 6.08 Å². The van der Waals surface area contributed by atoms with E-state index in [2.05, 4.69) is 0 Å². The van der Waals surface area contributed by atoms with Crippen molar-refractivity contribution in [3.63, 3.8) is 0 Å². The molecule has 0 spiro atoms. The molecule has 0 aromatic heterocycles. The van der Waals surface area contributed by atoms with Crippen molar-refractivity contribution in [3.8, 4) is 0 Å². The lowest BCUT2D eigenvalue weighted by Crippen LogP contribution is -2.57. The second-order valence-electron chi connectivity index (χ2n) is 9.66. The van der Waals surface area contributed by atoms with E-state index in [1.165, 1.54) is 15.9 Å². The minimum Gasteiger partial charge on any atom is -0.335 e. The molecule has 0 saturated carbocycles. The van der Waals surface area contributed by atoms with Crippen LogP contribution in [0.2, 0.25) is 0 Å². The average molecular weight is 561 g/mol. The number of aryl methyl sites for hydroxylation is 1. The third-order valence-corrected chi connectivity index (χ3v) is 6.70. The van der Waals surface area contributed by atoms with Crippen LogP contribution in [0.1, 0.15) is 38.2 Å². The van der Waals surface area contributed by atoms with E-state index in [4.69, 9.17) is 0 Å². The first kappa shape index (κ1) is 28.9. The molecule has 4 nitrogen and oxygen atoms in total. The SMILES string of the molecule is Cc1ccc(C=CC(=O)N2CCN(C(=O)c3cc(C(F)(F)F)cc(C(F)(F)F)c3)[C@H](Cc3ccccc3)C2)cc1. The summed E-state index contributed by atoms with van der Waals surface area (Å²) in [6.07, 6.45) is -6.83. The van der Waals surface area contributed by atoms with E-state index in [0.717, 1.165) is 16.7 Å². The van der Waals surface area contributed by atoms with Crippen molar-refractivity contribution in [2.24, 2.45) is 0 Å². The predicted octanol–water partition coefficient (Wildman–Crippen LogP) is 6.64. The Morgan fingerprint density at radius 3 is 2.02 bits per heavy atom. The van der Waals surface area contributed by atoms with Gasteiger partial charge in [0, 0.05) is 31.3 Å². The van der Waals surface area contributed by atoms with Crippen molar-refractivity contribution >= 4 is 17.9 Å². The fourth-order valence-corrected chi connectivity index (χ4v) is 4.58. The van der Waals surface area contributed by atoms with Gasteiger partial charge in [0.25, 0.3) is 5.91 Å². The van der Waals surface area contributed by atoms with Gasteiger partial charge in [-0.3, -0.25) is 9.59 Å². The van der Waals surface area contributed by atoms with E-state index in [9.17, 15) is 35.9 Å². The monoisotopic (exact) mass is 560 g/mol. The molecule has 1 aliphatic heterocycles. The summed E-state index contributed by atoms with van der Waals surface area (Å²) in [7, 11) is 0. The molecule has 4 rings (SSSR count). The van der Waals surface area contributed by atoms with Crippen LogP contribution in [0.15, 0.2) is 78.9 Å². The van der Waals surface area contributed by atoms with Gasteiger partial charge in [-0.2, -0.15) is 26.3 Å². The highest BCUT2D eigenvalue weighted by Crippen LogP contribution is 2.37. The van der Waals surface area contributed by atoms with Crippen molar-refractivity contribution in [2.75, 3.05) is 19.6 Å². The second-order valence-corrected chi connectivity index (χ2v) is 9.66. The van der Waals surface area contributed by atoms with Crippen LogP contribution in [0.5, 0.6) is 0 Å². The Labute approximate surface area is 227 Å². The Kier molecular flexibility index (Phi) is 8.37. The second kappa shape index (κ2) is 11.6. The molecule has 210 valence electrons. The highest BCUT2D eigenvalue weighted by molar-refractivity contribution is 5.96. The zero-order valence-electron chi connectivity index (χ0n) is 21.5. The van der Waals surface area contributed by atoms with Gasteiger partial charge in [-0.1, -0.05) is 60.2 Å². The maximum Gasteiger partial charge on any atom is 0.416 e. The van der Waals surface area contributed by atoms with Crippen molar-refractivity contribution in [1.29, 1.82) is 0 Å². The summed E-state index contributed by atoms with van der Waals surface area (Å²) in [5, 5.41) is 0. The Bertz CT molecular complexity index is 1350. The third kappa shape index (κ3) is 7.11. The maximum absolute atomic E-state index is 13.4. The van der Waals surface area contributed by atoms with Gasteiger partial charge in [-0.25, -0.2) is 0 Å². The summed E-state index contributed by atoms with van der Waals surface area (Å²) in [5.74, 6) is -1.27. The Hall–Kier alpha value is -4.08. The molecule has 2 amide bonds. The smallest absolute Gasteiger partial charge is 0.335 e. The quantitative estimate of drug-likeness (QED) is 0.259. The zero-order valence-corrected chi connectivity index (χ0v) is 21.5. The number of hydrogen-bond donors (Lipinski definition) is 0. The number of carbonyl (C=O) groups is 2. The van der Waals surface area contributed by atoms with E-state index in [0.29, 0.717) is 12.1 Å². The van der Waals surface area contributed by atoms with Crippen molar-refractivity contribution < 1.29 is 35.9 Å². The van der Waals surface area contributed by atoms with Crippen molar-refractivity contribution in [1.82, 2.24) is 9.80 Å². The Morgan fingerprint density at radius 2 is 1.45 bits per heavy atom. The van der Waals surface area contributed by atoms with Crippen molar-refractivity contribution in [2.45, 2.75) is 31.7 Å². The number of amides is 2. The molecule has 3 aromatic carbocycles. The van der Waals surface area contributed by atoms with E-state index in [-0.39, 0.29) is 38.0 Å². The van der Waals surface area contributed by atoms with Crippen LogP contribution in [-0.2, 0) is 23.6 Å². The van der Waals surface area contributed by atoms with Gasteiger partial charge in [0.15, 0.2) is 0 Å². The molecule has 1 saturated heterocycles. The first-order valence-electron chi connectivity index (χ1n) is 12.5. The highest BCUT2D eigenvalue weighted by atomic mass is 19.4. The fourth-order valence-electron chi connectivity index (χ4n) is 4.58. The topological polar surface area (TPSA) is 40.6 Å². The molecule has 0 radical (unpaired) electrons. The average Bonchev–Trinajstić information content (AvgIpc) is 2.91. The van der Waals surface area contributed by atoms with E-state index < -0.39 is 41.0 Å². The maximum atomic E-state index is 13.4. The summed E-state index contributed by atoms with van der Waals surface area (Å²) in [6.45, 7) is 2.01. The van der Waals surface area contributed by atoms with Crippen LogP contribution in [0.3, 0.4) is 0 Å². The van der Waals surface area contributed by atoms with Crippen LogP contribution in [0.4, 0.5) is 26.3 Å². The number of benzene rings is 3. The summed E-state index contributed by atoms with van der Waals surface area (Å²) in [6, 6.07) is 16.7. The molecule has 0 unspecified atom stereocenters. The number of piperazine rings is 1. The lowest BCUT2D eigenvalue weighted by Gasteiger charge is -2.41. The molecule has 3 aromatic rings. The molecule has 0 N–H and O–H groups in total.